The average molecular weight is 228 g/mol. The highest BCUT2D eigenvalue weighted by Gasteiger charge is 2.17. The van der Waals surface area contributed by atoms with E-state index >= 15 is 0 Å². The van der Waals surface area contributed by atoms with Crippen molar-refractivity contribution < 1.29 is 9.63 Å². The second-order valence-electron chi connectivity index (χ2n) is 3.22. The number of aryl methyl sites for hydroxylation is 2. The van der Waals surface area contributed by atoms with Gasteiger partial charge in [-0.05, 0) is 6.92 Å². The summed E-state index contributed by atoms with van der Waals surface area (Å²) in [5.74, 6) is 0.690. The summed E-state index contributed by atoms with van der Waals surface area (Å²) in [5.41, 5.74) is 1.70. The number of hydrogen-bond acceptors (Lipinski definition) is 4. The van der Waals surface area contributed by atoms with Gasteiger partial charge >= 0.3 is 0 Å². The van der Waals surface area contributed by atoms with Crippen LogP contribution >= 0.6 is 11.6 Å². The van der Waals surface area contributed by atoms with Crippen LogP contribution in [0.4, 0.5) is 0 Å². The maximum absolute atomic E-state index is 9.18. The zero-order valence-corrected chi connectivity index (χ0v) is 9.12. The van der Waals surface area contributed by atoms with Crippen LogP contribution in [-0.4, -0.2) is 20.0 Å². The molecular formula is C9H10ClN3O2. The Morgan fingerprint density at radius 1 is 1.60 bits per heavy atom. The predicted octanol–water partition coefficient (Wildman–Crippen LogP) is 1.53. The van der Waals surface area contributed by atoms with E-state index in [9.17, 15) is 5.11 Å². The van der Waals surface area contributed by atoms with Crippen molar-refractivity contribution in [3.63, 3.8) is 0 Å². The maximum atomic E-state index is 9.18. The molecule has 2 aromatic rings. The molecule has 2 heterocycles. The zero-order chi connectivity index (χ0) is 11.0. The van der Waals surface area contributed by atoms with Crippen LogP contribution in [0, 0.1) is 6.92 Å². The van der Waals surface area contributed by atoms with Crippen LogP contribution in [0.25, 0.3) is 11.4 Å². The monoisotopic (exact) mass is 227 g/mol. The first-order valence-electron chi connectivity index (χ1n) is 4.39. The summed E-state index contributed by atoms with van der Waals surface area (Å²) in [6.07, 6.45) is 0. The van der Waals surface area contributed by atoms with E-state index in [1.54, 1.807) is 20.0 Å². The molecule has 0 bridgehead atoms. The maximum Gasteiger partial charge on any atom is 0.134 e. The molecule has 0 fully saturated rings. The van der Waals surface area contributed by atoms with Gasteiger partial charge in [0.2, 0.25) is 0 Å². The van der Waals surface area contributed by atoms with Crippen LogP contribution in [-0.2, 0) is 13.7 Å². The molecule has 0 aliphatic heterocycles. The molecule has 15 heavy (non-hydrogen) atoms. The van der Waals surface area contributed by atoms with Gasteiger partial charge in [0.1, 0.15) is 22.3 Å². The third kappa shape index (κ3) is 1.64. The molecule has 5 nitrogen and oxygen atoms in total. The SMILES string of the molecule is Cc1cc(-c2nn(C)c(Cl)c2CO)no1. The largest absolute Gasteiger partial charge is 0.391 e. The Kier molecular flexibility index (Phi) is 2.50. The van der Waals surface area contributed by atoms with Gasteiger partial charge in [0, 0.05) is 18.7 Å². The summed E-state index contributed by atoms with van der Waals surface area (Å²) in [7, 11) is 1.71. The Morgan fingerprint density at radius 3 is 2.87 bits per heavy atom. The highest BCUT2D eigenvalue weighted by Crippen LogP contribution is 2.27. The van der Waals surface area contributed by atoms with E-state index in [1.165, 1.54) is 4.68 Å². The van der Waals surface area contributed by atoms with Crippen LogP contribution in [0.5, 0.6) is 0 Å². The van der Waals surface area contributed by atoms with Gasteiger partial charge in [-0.1, -0.05) is 16.8 Å². The molecule has 1 N–H and O–H groups in total. The minimum absolute atomic E-state index is 0.173. The highest BCUT2D eigenvalue weighted by atomic mass is 35.5. The first-order valence-corrected chi connectivity index (χ1v) is 4.77. The van der Waals surface area contributed by atoms with Gasteiger partial charge in [-0.15, -0.1) is 0 Å². The first kappa shape index (κ1) is 10.2. The second kappa shape index (κ2) is 3.67. The Hall–Kier alpha value is -1.33. The fraction of sp³-hybridized carbons (Fsp3) is 0.333. The number of aliphatic hydroxyl groups excluding tert-OH is 1. The number of rotatable bonds is 2. The molecule has 0 amide bonds. The molecule has 80 valence electrons. The van der Waals surface area contributed by atoms with Crippen molar-refractivity contribution in [1.82, 2.24) is 14.9 Å². The molecule has 0 aliphatic carbocycles. The number of aliphatic hydroxyl groups is 1. The van der Waals surface area contributed by atoms with E-state index < -0.39 is 0 Å². The predicted molar refractivity (Wildman–Crippen MR) is 54.4 cm³/mol. The lowest BCUT2D eigenvalue weighted by Gasteiger charge is -1.93. The van der Waals surface area contributed by atoms with Crippen LogP contribution in [0.2, 0.25) is 5.15 Å². The molecule has 6 heteroatoms. The molecule has 0 aromatic carbocycles. The topological polar surface area (TPSA) is 64.1 Å². The summed E-state index contributed by atoms with van der Waals surface area (Å²) in [6, 6.07) is 1.75. The lowest BCUT2D eigenvalue weighted by Crippen LogP contribution is -1.89. The van der Waals surface area contributed by atoms with Gasteiger partial charge in [0.15, 0.2) is 0 Å². The molecule has 0 spiro atoms. The fourth-order valence-electron chi connectivity index (χ4n) is 1.37. The van der Waals surface area contributed by atoms with Crippen LogP contribution in [0.1, 0.15) is 11.3 Å². The van der Waals surface area contributed by atoms with E-state index in [1.807, 2.05) is 0 Å². The van der Waals surface area contributed by atoms with Crippen molar-refractivity contribution in [3.05, 3.63) is 22.5 Å². The molecule has 0 unspecified atom stereocenters. The number of nitrogens with zero attached hydrogens (tertiary/aromatic N) is 3. The van der Waals surface area contributed by atoms with Crippen LogP contribution in [0.3, 0.4) is 0 Å². The summed E-state index contributed by atoms with van der Waals surface area (Å²) in [4.78, 5) is 0. The number of halogens is 1. The van der Waals surface area contributed by atoms with Crippen molar-refractivity contribution in [2.75, 3.05) is 0 Å². The normalized spacial score (nSPS) is 10.9. The van der Waals surface area contributed by atoms with E-state index in [2.05, 4.69) is 10.3 Å². The van der Waals surface area contributed by atoms with E-state index in [4.69, 9.17) is 16.1 Å². The van der Waals surface area contributed by atoms with Gasteiger partial charge in [-0.3, -0.25) is 4.68 Å². The molecule has 0 aliphatic rings. The van der Waals surface area contributed by atoms with Gasteiger partial charge in [-0.2, -0.15) is 5.10 Å². The molecular weight excluding hydrogens is 218 g/mol. The Bertz CT molecular complexity index is 490. The van der Waals surface area contributed by atoms with E-state index in [-0.39, 0.29) is 6.61 Å². The second-order valence-corrected chi connectivity index (χ2v) is 3.58. The van der Waals surface area contributed by atoms with E-state index in [0.717, 1.165) is 0 Å². The Labute approximate surface area is 91.3 Å². The molecule has 2 aromatic heterocycles. The Balaban J connectivity index is 2.57. The van der Waals surface area contributed by atoms with Crippen molar-refractivity contribution in [1.29, 1.82) is 0 Å². The van der Waals surface area contributed by atoms with Gasteiger partial charge in [0.05, 0.1) is 6.61 Å². The first-order chi connectivity index (χ1) is 7.13. The summed E-state index contributed by atoms with van der Waals surface area (Å²) < 4.78 is 6.44. The zero-order valence-electron chi connectivity index (χ0n) is 8.36. The summed E-state index contributed by atoms with van der Waals surface area (Å²) in [6.45, 7) is 1.62. The minimum Gasteiger partial charge on any atom is -0.391 e. The highest BCUT2D eigenvalue weighted by molar-refractivity contribution is 6.30. The van der Waals surface area contributed by atoms with Gasteiger partial charge in [0.25, 0.3) is 0 Å². The minimum atomic E-state index is -0.173. The lowest BCUT2D eigenvalue weighted by atomic mass is 10.2. The molecule has 0 radical (unpaired) electrons. The number of aromatic nitrogens is 3. The average Bonchev–Trinajstić information content (AvgIpc) is 2.73. The lowest BCUT2D eigenvalue weighted by molar-refractivity contribution is 0.282. The molecule has 0 saturated heterocycles. The summed E-state index contributed by atoms with van der Waals surface area (Å²) >= 11 is 5.95. The molecule has 2 rings (SSSR count). The van der Waals surface area contributed by atoms with Crippen LogP contribution < -0.4 is 0 Å². The van der Waals surface area contributed by atoms with Crippen molar-refractivity contribution in [2.45, 2.75) is 13.5 Å². The molecule has 0 saturated carbocycles. The third-order valence-electron chi connectivity index (χ3n) is 2.10. The summed E-state index contributed by atoms with van der Waals surface area (Å²) in [5, 5.41) is 17.6. The van der Waals surface area contributed by atoms with Crippen molar-refractivity contribution >= 4 is 11.6 Å². The van der Waals surface area contributed by atoms with Gasteiger partial charge < -0.3 is 9.63 Å². The standard InChI is InChI=1S/C9H10ClN3O2/c1-5-3-7(12-15-5)8-6(4-14)9(10)13(2)11-8/h3,14H,4H2,1-2H3. The molecule has 0 atom stereocenters. The number of hydrogen-bond donors (Lipinski definition) is 1. The van der Waals surface area contributed by atoms with Crippen LogP contribution in [0.15, 0.2) is 10.6 Å². The van der Waals surface area contributed by atoms with Gasteiger partial charge in [-0.25, -0.2) is 0 Å². The van der Waals surface area contributed by atoms with Crippen molar-refractivity contribution in [3.8, 4) is 11.4 Å². The smallest absolute Gasteiger partial charge is 0.134 e. The van der Waals surface area contributed by atoms with Crippen molar-refractivity contribution in [2.24, 2.45) is 7.05 Å². The quantitative estimate of drug-likeness (QED) is 0.845. The Morgan fingerprint density at radius 2 is 2.33 bits per heavy atom. The van der Waals surface area contributed by atoms with E-state index in [0.29, 0.717) is 27.9 Å². The fourth-order valence-corrected chi connectivity index (χ4v) is 1.56. The third-order valence-corrected chi connectivity index (χ3v) is 2.57.